The molecule has 0 saturated heterocycles. The number of ether oxygens (including phenoxy) is 1. The number of fused-ring (bicyclic) bond motifs is 1. The van der Waals surface area contributed by atoms with Crippen molar-refractivity contribution in [3.63, 3.8) is 0 Å². The molecule has 0 fully saturated rings. The van der Waals surface area contributed by atoms with Crippen LogP contribution in [0.15, 0.2) is 140 Å². The van der Waals surface area contributed by atoms with E-state index in [1.807, 2.05) is 48.5 Å². The first-order valence-corrected chi connectivity index (χ1v) is 12.9. The molecule has 1 aromatic heterocycles. The third-order valence-electron chi connectivity index (χ3n) is 6.95. The first-order chi connectivity index (χ1) is 19.1. The number of hydrogen-bond donors (Lipinski definition) is 1. The number of rotatable bonds is 8. The van der Waals surface area contributed by atoms with E-state index >= 15 is 0 Å². The van der Waals surface area contributed by atoms with Gasteiger partial charge in [0.2, 0.25) is 6.10 Å². The minimum atomic E-state index is -1.05. The van der Waals surface area contributed by atoms with Crippen LogP contribution in [0.2, 0.25) is 0 Å². The van der Waals surface area contributed by atoms with Crippen molar-refractivity contribution < 1.29 is 14.6 Å². The molecule has 1 atom stereocenters. The van der Waals surface area contributed by atoms with Gasteiger partial charge < -0.3 is 14.4 Å². The fourth-order valence-electron chi connectivity index (χ4n) is 4.90. The lowest BCUT2D eigenvalue weighted by Crippen LogP contribution is -2.18. The summed E-state index contributed by atoms with van der Waals surface area (Å²) in [4.78, 5) is 11.8. The van der Waals surface area contributed by atoms with Crippen LogP contribution in [0.1, 0.15) is 17.2 Å². The van der Waals surface area contributed by atoms with Crippen molar-refractivity contribution >= 4 is 16.9 Å². The van der Waals surface area contributed by atoms with Gasteiger partial charge in [0.25, 0.3) is 0 Å². The Morgan fingerprint density at radius 2 is 1.23 bits per heavy atom. The molecular formula is C35H27NO3. The molecule has 1 heterocycles. The SMILES string of the molecule is O=C(O)C(Oc1ccc(-c2ccc(-c3ccc4c(ccn4Cc4ccccc4)c3)cc2)cc1)c1ccccc1. The van der Waals surface area contributed by atoms with Gasteiger partial charge in [0.15, 0.2) is 0 Å². The fourth-order valence-corrected chi connectivity index (χ4v) is 4.90. The number of carboxylic acids is 1. The zero-order valence-electron chi connectivity index (χ0n) is 21.3. The third-order valence-corrected chi connectivity index (χ3v) is 6.95. The Morgan fingerprint density at radius 3 is 1.87 bits per heavy atom. The number of carbonyl (C=O) groups is 1. The highest BCUT2D eigenvalue weighted by molar-refractivity contribution is 5.86. The van der Waals surface area contributed by atoms with Gasteiger partial charge in [-0.1, -0.05) is 103 Å². The van der Waals surface area contributed by atoms with Crippen LogP contribution in [0.4, 0.5) is 0 Å². The van der Waals surface area contributed by atoms with Crippen molar-refractivity contribution in [1.29, 1.82) is 0 Å². The minimum Gasteiger partial charge on any atom is -0.478 e. The lowest BCUT2D eigenvalue weighted by molar-refractivity contribution is -0.145. The predicted molar refractivity (Wildman–Crippen MR) is 156 cm³/mol. The standard InChI is InChI=1S/C35H27NO3/c37-35(38)34(29-9-5-2-6-10-29)39-32-18-15-27(16-19-32)26-11-13-28(14-12-26)30-17-20-33-31(23-30)21-22-36(33)24-25-7-3-1-4-8-25/h1-23,34H,24H2,(H,37,38). The lowest BCUT2D eigenvalue weighted by Gasteiger charge is -2.16. The van der Waals surface area contributed by atoms with E-state index in [-0.39, 0.29) is 0 Å². The Labute approximate surface area is 227 Å². The molecular weight excluding hydrogens is 482 g/mol. The second-order valence-corrected chi connectivity index (χ2v) is 9.55. The summed E-state index contributed by atoms with van der Waals surface area (Å²) in [6, 6.07) is 44.3. The second-order valence-electron chi connectivity index (χ2n) is 9.55. The average Bonchev–Trinajstić information content (AvgIpc) is 3.39. The van der Waals surface area contributed by atoms with Crippen molar-refractivity contribution in [2.45, 2.75) is 12.6 Å². The molecule has 0 aliphatic carbocycles. The van der Waals surface area contributed by atoms with Gasteiger partial charge in [0.1, 0.15) is 5.75 Å². The van der Waals surface area contributed by atoms with Gasteiger partial charge in [-0.05, 0) is 58.1 Å². The molecule has 0 amide bonds. The molecule has 1 N–H and O–H groups in total. The number of hydrogen-bond acceptors (Lipinski definition) is 2. The highest BCUT2D eigenvalue weighted by Gasteiger charge is 2.21. The van der Waals surface area contributed by atoms with Crippen LogP contribution in [0.5, 0.6) is 5.75 Å². The molecule has 4 nitrogen and oxygen atoms in total. The van der Waals surface area contributed by atoms with E-state index in [9.17, 15) is 9.90 Å². The van der Waals surface area contributed by atoms with E-state index in [1.54, 1.807) is 12.1 Å². The van der Waals surface area contributed by atoms with E-state index in [1.165, 1.54) is 22.0 Å². The summed E-state index contributed by atoms with van der Waals surface area (Å²) >= 11 is 0. The van der Waals surface area contributed by atoms with Gasteiger partial charge in [-0.2, -0.15) is 0 Å². The molecule has 4 heteroatoms. The fraction of sp³-hybridized carbons (Fsp3) is 0.0571. The zero-order valence-corrected chi connectivity index (χ0v) is 21.3. The van der Waals surface area contributed by atoms with E-state index in [4.69, 9.17) is 4.74 Å². The third kappa shape index (κ3) is 5.32. The molecule has 0 saturated carbocycles. The highest BCUT2D eigenvalue weighted by Crippen LogP contribution is 2.30. The van der Waals surface area contributed by atoms with E-state index in [2.05, 4.69) is 83.6 Å². The van der Waals surface area contributed by atoms with Crippen molar-refractivity contribution in [3.05, 3.63) is 151 Å². The molecule has 0 aliphatic rings. The summed E-state index contributed by atoms with van der Waals surface area (Å²) in [5, 5.41) is 10.9. The van der Waals surface area contributed by atoms with E-state index in [0.29, 0.717) is 11.3 Å². The van der Waals surface area contributed by atoms with Crippen LogP contribution < -0.4 is 4.74 Å². The van der Waals surface area contributed by atoms with E-state index in [0.717, 1.165) is 23.2 Å². The smallest absolute Gasteiger partial charge is 0.349 e. The highest BCUT2D eigenvalue weighted by atomic mass is 16.5. The number of carboxylic acid groups (broad SMARTS) is 1. The van der Waals surface area contributed by atoms with Crippen LogP contribution in [0.3, 0.4) is 0 Å². The van der Waals surface area contributed by atoms with Crippen molar-refractivity contribution in [1.82, 2.24) is 4.57 Å². The molecule has 0 aliphatic heterocycles. The predicted octanol–water partition coefficient (Wildman–Crippen LogP) is 8.23. The van der Waals surface area contributed by atoms with Gasteiger partial charge >= 0.3 is 5.97 Å². The van der Waals surface area contributed by atoms with Crippen molar-refractivity contribution in [2.24, 2.45) is 0 Å². The topological polar surface area (TPSA) is 51.5 Å². The number of aromatic nitrogens is 1. The molecule has 6 aromatic rings. The molecule has 0 spiro atoms. The zero-order chi connectivity index (χ0) is 26.6. The van der Waals surface area contributed by atoms with Gasteiger partial charge in [-0.15, -0.1) is 0 Å². The summed E-state index contributed by atoms with van der Waals surface area (Å²) in [6.07, 6.45) is 1.10. The maximum Gasteiger partial charge on any atom is 0.349 e. The normalized spacial score (nSPS) is 11.8. The second kappa shape index (κ2) is 10.7. The number of benzene rings is 5. The van der Waals surface area contributed by atoms with Gasteiger partial charge in [-0.25, -0.2) is 4.79 Å². The summed E-state index contributed by atoms with van der Waals surface area (Å²) in [6.45, 7) is 0.853. The Hall–Kier alpha value is -5.09. The quantitative estimate of drug-likeness (QED) is 0.225. The Kier molecular flexibility index (Phi) is 6.67. The molecule has 0 bridgehead atoms. The summed E-state index contributed by atoms with van der Waals surface area (Å²) < 4.78 is 8.08. The van der Waals surface area contributed by atoms with Crippen molar-refractivity contribution in [3.8, 4) is 28.0 Å². The molecule has 6 rings (SSSR count). The first kappa shape index (κ1) is 24.3. The minimum absolute atomic E-state index is 0.513. The average molecular weight is 510 g/mol. The maximum absolute atomic E-state index is 11.8. The van der Waals surface area contributed by atoms with Crippen LogP contribution in [0, 0.1) is 0 Å². The van der Waals surface area contributed by atoms with Crippen LogP contribution in [-0.4, -0.2) is 15.6 Å². The summed E-state index contributed by atoms with van der Waals surface area (Å²) in [7, 11) is 0. The Bertz CT molecular complexity index is 1700. The Morgan fingerprint density at radius 1 is 0.667 bits per heavy atom. The van der Waals surface area contributed by atoms with Gasteiger partial charge in [-0.3, -0.25) is 0 Å². The molecule has 39 heavy (non-hydrogen) atoms. The van der Waals surface area contributed by atoms with Crippen LogP contribution in [0.25, 0.3) is 33.2 Å². The molecule has 190 valence electrons. The van der Waals surface area contributed by atoms with Crippen molar-refractivity contribution in [2.75, 3.05) is 0 Å². The lowest BCUT2D eigenvalue weighted by atomic mass is 9.99. The summed E-state index contributed by atoms with van der Waals surface area (Å²) in [5.41, 5.74) is 7.56. The van der Waals surface area contributed by atoms with Gasteiger partial charge in [0.05, 0.1) is 0 Å². The van der Waals surface area contributed by atoms with E-state index < -0.39 is 12.1 Å². The molecule has 1 unspecified atom stereocenters. The number of nitrogens with zero attached hydrogens (tertiary/aromatic N) is 1. The molecule has 0 radical (unpaired) electrons. The van der Waals surface area contributed by atoms with Crippen LogP contribution >= 0.6 is 0 Å². The van der Waals surface area contributed by atoms with Crippen LogP contribution in [-0.2, 0) is 11.3 Å². The Balaban J connectivity index is 1.17. The first-order valence-electron chi connectivity index (χ1n) is 12.9. The monoisotopic (exact) mass is 509 g/mol. The number of aliphatic carboxylic acids is 1. The molecule has 5 aromatic carbocycles. The maximum atomic E-state index is 11.8. The summed E-state index contributed by atoms with van der Waals surface area (Å²) in [5.74, 6) is -0.508. The van der Waals surface area contributed by atoms with Gasteiger partial charge in [0, 0.05) is 29.2 Å². The largest absolute Gasteiger partial charge is 0.478 e.